The fourth-order valence-corrected chi connectivity index (χ4v) is 3.24. The highest BCUT2D eigenvalue weighted by molar-refractivity contribution is 6.32. The molecule has 0 aliphatic carbocycles. The molecule has 3 rings (SSSR count). The number of anilines is 1. The van der Waals surface area contributed by atoms with Crippen molar-refractivity contribution in [1.82, 2.24) is 9.78 Å². The highest BCUT2D eigenvalue weighted by Crippen LogP contribution is 2.45. The van der Waals surface area contributed by atoms with Gasteiger partial charge in [-0.1, -0.05) is 24.2 Å². The predicted molar refractivity (Wildman–Crippen MR) is 86.1 cm³/mol. The van der Waals surface area contributed by atoms with Gasteiger partial charge in [-0.2, -0.15) is 13.2 Å². The van der Waals surface area contributed by atoms with Crippen molar-refractivity contribution in [1.29, 1.82) is 0 Å². The zero-order chi connectivity index (χ0) is 17.7. The molecule has 0 bridgehead atoms. The minimum absolute atomic E-state index is 0.0776. The molecule has 9 heteroatoms. The summed E-state index contributed by atoms with van der Waals surface area (Å²) in [4.78, 5) is 3.23. The monoisotopic (exact) mass is 372 g/mol. The third kappa shape index (κ3) is 2.34. The van der Waals surface area contributed by atoms with Crippen LogP contribution < -0.4 is 5.32 Å². The average Bonchev–Trinajstić information content (AvgIpc) is 2.95. The summed E-state index contributed by atoms with van der Waals surface area (Å²) < 4.78 is 40.8. The van der Waals surface area contributed by atoms with E-state index in [1.807, 2.05) is 0 Å². The fourth-order valence-electron chi connectivity index (χ4n) is 2.62. The molecule has 1 N–H and O–H groups in total. The van der Waals surface area contributed by atoms with E-state index in [-0.39, 0.29) is 28.0 Å². The molecule has 4 nitrogen and oxygen atoms in total. The van der Waals surface area contributed by atoms with Gasteiger partial charge in [0.25, 0.3) is 5.82 Å². The molecular formula is C15H9Cl2F3N4. The molecule has 1 aliphatic rings. The first-order valence-electron chi connectivity index (χ1n) is 6.62. The van der Waals surface area contributed by atoms with E-state index in [4.69, 9.17) is 29.8 Å². The molecule has 1 aliphatic heterocycles. The molecule has 2 aromatic rings. The van der Waals surface area contributed by atoms with Crippen LogP contribution in [0.25, 0.3) is 10.5 Å². The molecular weight excluding hydrogens is 364 g/mol. The lowest BCUT2D eigenvalue weighted by Crippen LogP contribution is -2.40. The van der Waals surface area contributed by atoms with Crippen molar-refractivity contribution >= 4 is 34.8 Å². The maximum atomic E-state index is 13.2. The number of halogens is 5. The number of nitrogens with zero attached hydrogens (tertiary/aromatic N) is 3. The van der Waals surface area contributed by atoms with Crippen molar-refractivity contribution in [2.24, 2.45) is 0 Å². The summed E-state index contributed by atoms with van der Waals surface area (Å²) in [6.07, 6.45) is -3.15. The van der Waals surface area contributed by atoms with Gasteiger partial charge in [-0.05, 0) is 17.2 Å². The number of hydrogen-bond acceptors (Lipinski definition) is 2. The second-order valence-electron chi connectivity index (χ2n) is 5.20. The summed E-state index contributed by atoms with van der Waals surface area (Å²) in [6.45, 7) is 10.7. The number of fused-ring (bicyclic) bond motifs is 3. The maximum absolute atomic E-state index is 13.2. The Bertz CT molecular complexity index is 882. The molecule has 1 atom stereocenters. The van der Waals surface area contributed by atoms with Crippen molar-refractivity contribution < 1.29 is 13.2 Å². The van der Waals surface area contributed by atoms with E-state index in [9.17, 15) is 13.2 Å². The Morgan fingerprint density at radius 2 is 2.12 bits per heavy atom. The zero-order valence-electron chi connectivity index (χ0n) is 12.0. The Balaban J connectivity index is 2.38. The van der Waals surface area contributed by atoms with E-state index in [1.165, 1.54) is 16.8 Å². The van der Waals surface area contributed by atoms with Crippen LogP contribution in [-0.2, 0) is 11.7 Å². The number of rotatable bonds is 2. The first-order valence-corrected chi connectivity index (χ1v) is 7.54. The van der Waals surface area contributed by atoms with E-state index in [0.29, 0.717) is 5.82 Å². The van der Waals surface area contributed by atoms with E-state index in [2.05, 4.69) is 21.8 Å². The number of benzene rings is 1. The number of alkyl halides is 4. The Morgan fingerprint density at radius 1 is 1.42 bits per heavy atom. The van der Waals surface area contributed by atoms with E-state index in [0.717, 1.165) is 12.1 Å². The number of nitrogens with one attached hydrogen (secondary N) is 1. The van der Waals surface area contributed by atoms with Crippen LogP contribution in [0.3, 0.4) is 0 Å². The van der Waals surface area contributed by atoms with Gasteiger partial charge >= 0.3 is 6.18 Å². The van der Waals surface area contributed by atoms with Gasteiger partial charge in [0.05, 0.1) is 22.0 Å². The van der Waals surface area contributed by atoms with Gasteiger partial charge in [0.1, 0.15) is 11.5 Å². The van der Waals surface area contributed by atoms with Crippen LogP contribution in [0, 0.1) is 6.57 Å². The second kappa shape index (κ2) is 5.43. The topological polar surface area (TPSA) is 34.2 Å². The van der Waals surface area contributed by atoms with Crippen molar-refractivity contribution in [3.8, 4) is 5.69 Å². The number of hydrogen-bond donors (Lipinski definition) is 1. The minimum Gasteiger partial charge on any atom is -0.359 e. The maximum Gasteiger partial charge on any atom is 0.416 e. The lowest BCUT2D eigenvalue weighted by molar-refractivity contribution is -0.137. The van der Waals surface area contributed by atoms with Gasteiger partial charge in [0.15, 0.2) is 0 Å². The van der Waals surface area contributed by atoms with Crippen molar-refractivity contribution in [3.05, 3.63) is 58.4 Å². The number of aromatic nitrogens is 2. The third-order valence-electron chi connectivity index (χ3n) is 3.80. The molecule has 1 unspecified atom stereocenters. The second-order valence-corrected chi connectivity index (χ2v) is 5.87. The quantitative estimate of drug-likeness (QED) is 0.449. The lowest BCUT2D eigenvalue weighted by Gasteiger charge is -2.36. The van der Waals surface area contributed by atoms with Gasteiger partial charge in [0.2, 0.25) is 0 Å². The molecule has 1 aromatic heterocycles. The molecule has 1 aromatic carbocycles. The minimum atomic E-state index is -4.57. The van der Waals surface area contributed by atoms with Gasteiger partial charge in [-0.15, -0.1) is 22.9 Å². The lowest BCUT2D eigenvalue weighted by atomic mass is 9.87. The molecule has 0 saturated heterocycles. The van der Waals surface area contributed by atoms with Gasteiger partial charge in [-0.3, -0.25) is 0 Å². The van der Waals surface area contributed by atoms with Crippen LogP contribution in [0.5, 0.6) is 0 Å². The molecule has 0 amide bonds. The summed E-state index contributed by atoms with van der Waals surface area (Å²) in [6, 6.07) is 3.27. The molecule has 0 fully saturated rings. The van der Waals surface area contributed by atoms with Gasteiger partial charge in [-0.25, -0.2) is 0 Å². The molecule has 124 valence electrons. The highest BCUT2D eigenvalue weighted by atomic mass is 35.5. The van der Waals surface area contributed by atoms with Crippen LogP contribution in [0.4, 0.5) is 24.8 Å². The van der Waals surface area contributed by atoms with Crippen LogP contribution >= 0.6 is 23.2 Å². The molecule has 0 radical (unpaired) electrons. The first kappa shape index (κ1) is 16.7. The van der Waals surface area contributed by atoms with E-state index >= 15 is 0 Å². The fraction of sp³-hybridized carbons (Fsp3) is 0.200. The summed E-state index contributed by atoms with van der Waals surface area (Å²) in [5.74, 6) is 0.393. The summed E-state index contributed by atoms with van der Waals surface area (Å²) in [5, 5.41) is 6.92. The van der Waals surface area contributed by atoms with Crippen LogP contribution in [0.15, 0.2) is 30.9 Å². The molecule has 0 saturated carbocycles. The highest BCUT2D eigenvalue weighted by Gasteiger charge is 2.42. The summed E-state index contributed by atoms with van der Waals surface area (Å²) in [7, 11) is 0. The molecule has 0 spiro atoms. The van der Waals surface area contributed by atoms with Crippen molar-refractivity contribution in [2.45, 2.75) is 11.7 Å². The van der Waals surface area contributed by atoms with Crippen molar-refractivity contribution in [3.63, 3.8) is 0 Å². The van der Waals surface area contributed by atoms with Gasteiger partial charge < -0.3 is 10.2 Å². The smallest absolute Gasteiger partial charge is 0.359 e. The van der Waals surface area contributed by atoms with Crippen LogP contribution in [0.2, 0.25) is 5.02 Å². The third-order valence-corrected chi connectivity index (χ3v) is 4.51. The zero-order valence-corrected chi connectivity index (χ0v) is 13.5. The van der Waals surface area contributed by atoms with Gasteiger partial charge in [0, 0.05) is 11.6 Å². The Labute approximate surface area is 145 Å². The van der Waals surface area contributed by atoms with E-state index < -0.39 is 17.3 Å². The largest absolute Gasteiger partial charge is 0.416 e. The van der Waals surface area contributed by atoms with Crippen LogP contribution in [0.1, 0.15) is 11.1 Å². The first-order chi connectivity index (χ1) is 11.3. The summed E-state index contributed by atoms with van der Waals surface area (Å²) >= 11 is 12.2. The Hall–Kier alpha value is -2.17. The average molecular weight is 373 g/mol. The molecule has 2 heterocycles. The molecule has 24 heavy (non-hydrogen) atoms. The Morgan fingerprint density at radius 3 is 2.67 bits per heavy atom. The normalized spacial score (nSPS) is 19.0. The predicted octanol–water partition coefficient (Wildman–Crippen LogP) is 5.14. The Kier molecular flexibility index (Phi) is 3.78. The van der Waals surface area contributed by atoms with Crippen LogP contribution in [-0.4, -0.2) is 15.7 Å². The van der Waals surface area contributed by atoms with Crippen molar-refractivity contribution in [2.75, 3.05) is 11.2 Å². The SMILES string of the molecule is [C-]#[N+]c1cc2n(n1)-c1c(Cl)cc(C(F)(F)F)cc1C(C=C)(CCl)N2. The standard InChI is InChI=1S/C15H9Cl2F3N4/c1-3-14(7-16)9-4-8(15(18,19)20)5-10(17)13(9)24-12(22-14)6-11(21-2)23-24/h3-6,22H,1,7H2. The van der Waals surface area contributed by atoms with E-state index in [1.54, 1.807) is 0 Å². The summed E-state index contributed by atoms with van der Waals surface area (Å²) in [5.41, 5.74) is -1.63.